The number of carboxylic acids is 1. The average Bonchev–Trinajstić information content (AvgIpc) is 3.22. The van der Waals surface area contributed by atoms with Gasteiger partial charge in [0, 0.05) is 70.0 Å². The highest BCUT2D eigenvalue weighted by molar-refractivity contribution is 6.08. The van der Waals surface area contributed by atoms with Crippen LogP contribution < -0.4 is 24.3 Å². The van der Waals surface area contributed by atoms with Gasteiger partial charge in [0.05, 0.1) is 24.8 Å². The van der Waals surface area contributed by atoms with Gasteiger partial charge in [0.2, 0.25) is 16.7 Å². The van der Waals surface area contributed by atoms with Crippen LogP contribution in [0.25, 0.3) is 33.4 Å². The number of carbonyl (C=O) groups is 1. The molecule has 57 heavy (non-hydrogen) atoms. The largest absolute Gasteiger partial charge is 0.494 e. The zero-order valence-electron chi connectivity index (χ0n) is 32.4. The van der Waals surface area contributed by atoms with Crippen LogP contribution in [0.4, 0.5) is 28.4 Å². The molecule has 0 radical (unpaired) electrons. The fourth-order valence-corrected chi connectivity index (χ4v) is 7.47. The Kier molecular flexibility index (Phi) is 10.3. The van der Waals surface area contributed by atoms with Crippen molar-refractivity contribution < 1.29 is 23.8 Å². The minimum absolute atomic E-state index is 0.214. The molecule has 0 unspecified atom stereocenters. The number of carboxylic acid groups (broad SMARTS) is 1. The Bertz CT molecular complexity index is 2770. The minimum atomic E-state index is -0.997. The molecule has 1 N–H and O–H groups in total. The van der Waals surface area contributed by atoms with E-state index in [9.17, 15) is 9.90 Å². The fraction of sp³-hybridized carbons (Fsp3) is 0.120. The van der Waals surface area contributed by atoms with E-state index < -0.39 is 5.97 Å². The van der Waals surface area contributed by atoms with Crippen LogP contribution in [-0.2, 0) is 0 Å². The Morgan fingerprint density at radius 1 is 0.614 bits per heavy atom. The number of fused-ring (bicyclic) bond motifs is 2. The lowest BCUT2D eigenvalue weighted by atomic mass is 9.90. The van der Waals surface area contributed by atoms with Crippen molar-refractivity contribution in [2.24, 2.45) is 0 Å². The van der Waals surface area contributed by atoms with Gasteiger partial charge in [0.15, 0.2) is 0 Å². The summed E-state index contributed by atoms with van der Waals surface area (Å²) in [6.07, 6.45) is 0. The standard InChI is InChI=1S/C50H42N2O5/c1-5-55-41-23-17-35(18-24-41)51(37-13-9-11-33(3)29-37)39-21-27-45-47(31-39)57-48-32-40(22-28-46(48)49(45)43-15-7-8-16-44(43)50(53)54)52(38-14-10-12-34(4)30-38)36-19-25-42(26-20-36)56-6-2/h7-32H,5-6H2,1-4H3/p+1. The van der Waals surface area contributed by atoms with Crippen molar-refractivity contribution in [3.8, 4) is 33.9 Å². The maximum absolute atomic E-state index is 12.7. The number of anilines is 3. The van der Waals surface area contributed by atoms with E-state index in [-0.39, 0.29) is 5.56 Å². The van der Waals surface area contributed by atoms with Gasteiger partial charge in [-0.15, -0.1) is 0 Å². The zero-order chi connectivity index (χ0) is 39.5. The molecule has 7 nitrogen and oxygen atoms in total. The first-order valence-corrected chi connectivity index (χ1v) is 19.2. The van der Waals surface area contributed by atoms with Gasteiger partial charge in [-0.25, -0.2) is 4.79 Å². The number of ether oxygens (including phenoxy) is 2. The normalized spacial score (nSPS) is 11.7. The summed E-state index contributed by atoms with van der Waals surface area (Å²) in [6, 6.07) is 52.3. The predicted octanol–water partition coefficient (Wildman–Crippen LogP) is 12.2. The van der Waals surface area contributed by atoms with Crippen LogP contribution in [0.1, 0.15) is 35.3 Å². The Balaban J connectivity index is 1.42. The van der Waals surface area contributed by atoms with Crippen molar-refractivity contribution in [2.75, 3.05) is 18.1 Å². The number of rotatable bonds is 11. The molecule has 0 saturated carbocycles. The van der Waals surface area contributed by atoms with Gasteiger partial charge >= 0.3 is 5.97 Å². The number of aromatic carboxylic acids is 1. The third kappa shape index (κ3) is 7.48. The van der Waals surface area contributed by atoms with E-state index in [0.29, 0.717) is 30.1 Å². The Morgan fingerprint density at radius 3 is 1.95 bits per heavy atom. The molecular formula is C50H43N2O5+. The molecular weight excluding hydrogens is 709 g/mol. The predicted molar refractivity (Wildman–Crippen MR) is 229 cm³/mol. The molecule has 1 aliphatic heterocycles. The molecule has 1 aliphatic carbocycles. The monoisotopic (exact) mass is 751 g/mol. The summed E-state index contributed by atoms with van der Waals surface area (Å²) >= 11 is 0. The summed E-state index contributed by atoms with van der Waals surface area (Å²) in [5, 5.41) is 12.1. The molecule has 7 heteroatoms. The van der Waals surface area contributed by atoms with Crippen LogP contribution in [0, 0.1) is 13.8 Å². The van der Waals surface area contributed by atoms with Crippen LogP contribution in [0.15, 0.2) is 162 Å². The summed E-state index contributed by atoms with van der Waals surface area (Å²) < 4.78 is 20.7. The molecule has 0 aromatic heterocycles. The van der Waals surface area contributed by atoms with Crippen molar-refractivity contribution in [1.29, 1.82) is 0 Å². The number of hydrogen-bond donors (Lipinski definition) is 1. The van der Waals surface area contributed by atoms with Crippen molar-refractivity contribution in [3.05, 3.63) is 180 Å². The number of hydrogen-bond acceptors (Lipinski definition) is 5. The summed E-state index contributed by atoms with van der Waals surface area (Å²) in [5.41, 5.74) is 10.0. The first-order chi connectivity index (χ1) is 27.8. The van der Waals surface area contributed by atoms with E-state index in [4.69, 9.17) is 13.9 Å². The minimum Gasteiger partial charge on any atom is -0.494 e. The first kappa shape index (κ1) is 36.8. The third-order valence-corrected chi connectivity index (χ3v) is 9.96. The summed E-state index contributed by atoms with van der Waals surface area (Å²) in [5.74, 6) is 1.21. The smallest absolute Gasteiger partial charge is 0.336 e. The number of nitrogens with zero attached hydrogens (tertiary/aromatic N) is 2. The second-order valence-corrected chi connectivity index (χ2v) is 13.9. The van der Waals surface area contributed by atoms with Gasteiger partial charge in [-0.2, -0.15) is 4.58 Å². The van der Waals surface area contributed by atoms with Crippen molar-refractivity contribution in [2.45, 2.75) is 27.7 Å². The summed E-state index contributed by atoms with van der Waals surface area (Å²) in [6.45, 7) is 9.28. The van der Waals surface area contributed by atoms with Crippen molar-refractivity contribution in [1.82, 2.24) is 4.58 Å². The van der Waals surface area contributed by atoms with Crippen LogP contribution >= 0.6 is 0 Å². The van der Waals surface area contributed by atoms with Crippen LogP contribution in [0.5, 0.6) is 11.5 Å². The molecule has 1 heterocycles. The highest BCUT2D eigenvalue weighted by atomic mass is 16.5. The molecule has 0 fully saturated rings. The van der Waals surface area contributed by atoms with Crippen LogP contribution in [0.3, 0.4) is 0 Å². The maximum atomic E-state index is 12.7. The van der Waals surface area contributed by atoms with Gasteiger partial charge in [-0.1, -0.05) is 42.5 Å². The van der Waals surface area contributed by atoms with Crippen LogP contribution in [0.2, 0.25) is 0 Å². The van der Waals surface area contributed by atoms with E-state index >= 15 is 0 Å². The second-order valence-electron chi connectivity index (χ2n) is 13.9. The molecule has 0 spiro atoms. The maximum Gasteiger partial charge on any atom is 0.336 e. The van der Waals surface area contributed by atoms with E-state index in [1.807, 2.05) is 74.5 Å². The zero-order valence-corrected chi connectivity index (χ0v) is 32.4. The van der Waals surface area contributed by atoms with E-state index in [2.05, 4.69) is 108 Å². The Hall–Kier alpha value is -7.12. The van der Waals surface area contributed by atoms with Gasteiger partial charge in [0.1, 0.15) is 22.8 Å². The lowest BCUT2D eigenvalue weighted by Gasteiger charge is -2.26. The van der Waals surface area contributed by atoms with Crippen molar-refractivity contribution >= 4 is 45.4 Å². The highest BCUT2D eigenvalue weighted by Crippen LogP contribution is 2.44. The molecule has 8 rings (SSSR count). The van der Waals surface area contributed by atoms with Gasteiger partial charge in [0.25, 0.3) is 0 Å². The van der Waals surface area contributed by atoms with E-state index in [1.54, 1.807) is 12.1 Å². The average molecular weight is 752 g/mol. The molecule has 282 valence electrons. The second kappa shape index (κ2) is 15.9. The fourth-order valence-electron chi connectivity index (χ4n) is 7.47. The summed E-state index contributed by atoms with van der Waals surface area (Å²) in [7, 11) is 0. The number of aryl methyl sites for hydroxylation is 2. The molecule has 0 bridgehead atoms. The van der Waals surface area contributed by atoms with Gasteiger partial charge in [-0.05, 0) is 117 Å². The van der Waals surface area contributed by atoms with E-state index in [0.717, 1.165) is 72.9 Å². The first-order valence-electron chi connectivity index (χ1n) is 19.2. The molecule has 0 saturated heterocycles. The molecule has 6 aromatic carbocycles. The molecule has 0 amide bonds. The van der Waals surface area contributed by atoms with Gasteiger partial charge in [-0.3, -0.25) is 0 Å². The molecule has 0 atom stereocenters. The lowest BCUT2D eigenvalue weighted by molar-refractivity contribution is 0.0697. The Morgan fingerprint density at radius 2 is 1.26 bits per heavy atom. The highest BCUT2D eigenvalue weighted by Gasteiger charge is 2.25. The quantitative estimate of drug-likeness (QED) is 0.105. The summed E-state index contributed by atoms with van der Waals surface area (Å²) in [4.78, 5) is 14.9. The van der Waals surface area contributed by atoms with Crippen molar-refractivity contribution in [3.63, 3.8) is 0 Å². The molecule has 6 aromatic rings. The third-order valence-electron chi connectivity index (χ3n) is 9.96. The SMILES string of the molecule is CCOc1ccc(N(c2cccc(C)c2)c2ccc3c(-c4ccccc4C(=O)O)c4ccc(=[N+](c5ccc(OCC)cc5)c5cccc(C)c5)cc-4oc3c2)cc1. The lowest BCUT2D eigenvalue weighted by Crippen LogP contribution is -2.21. The van der Waals surface area contributed by atoms with Gasteiger partial charge < -0.3 is 23.9 Å². The number of benzene rings is 7. The Labute approximate surface area is 332 Å². The topological polar surface area (TPSA) is 75.1 Å². The van der Waals surface area contributed by atoms with E-state index in [1.165, 1.54) is 0 Å². The van der Waals surface area contributed by atoms with Crippen LogP contribution in [-0.4, -0.2) is 24.3 Å². The molecule has 2 aliphatic rings.